The lowest BCUT2D eigenvalue weighted by molar-refractivity contribution is 0.271. The smallest absolute Gasteiger partial charge is 0.218 e. The number of nitrogens with one attached hydrogen (secondary N) is 1. The van der Waals surface area contributed by atoms with E-state index in [4.69, 9.17) is 0 Å². The highest BCUT2D eigenvalue weighted by atomic mass is 32.1. The number of anilines is 2. The molecule has 0 bridgehead atoms. The molecule has 1 saturated heterocycles. The number of aromatic nitrogens is 3. The molecule has 3 aromatic rings. The lowest BCUT2D eigenvalue weighted by Crippen LogP contribution is -2.46. The van der Waals surface area contributed by atoms with Crippen molar-refractivity contribution in [2.24, 2.45) is 0 Å². The maximum Gasteiger partial charge on any atom is 0.218 e. The number of likely N-dealkylation sites (N-methyl/N-ethyl adjacent to an activating group) is 1. The van der Waals surface area contributed by atoms with Crippen molar-refractivity contribution < 1.29 is 4.39 Å². The fourth-order valence-corrected chi connectivity index (χ4v) is 4.14. The molecular weight excluding hydrogens is 363 g/mol. The molecule has 4 rings (SSSR count). The summed E-state index contributed by atoms with van der Waals surface area (Å²) >= 11 is 1.60. The van der Waals surface area contributed by atoms with Crippen molar-refractivity contribution in [3.63, 3.8) is 0 Å². The van der Waals surface area contributed by atoms with Gasteiger partial charge in [0.25, 0.3) is 0 Å². The molecule has 1 aliphatic rings. The first-order valence-electron chi connectivity index (χ1n) is 9.20. The van der Waals surface area contributed by atoms with Gasteiger partial charge in [-0.25, -0.2) is 4.39 Å². The summed E-state index contributed by atoms with van der Waals surface area (Å²) in [6.45, 7) is 7.99. The van der Waals surface area contributed by atoms with E-state index in [0.717, 1.165) is 54.4 Å². The molecule has 3 heterocycles. The summed E-state index contributed by atoms with van der Waals surface area (Å²) in [6.07, 6.45) is 1.99. The average Bonchev–Trinajstić information content (AvgIpc) is 3.36. The van der Waals surface area contributed by atoms with Crippen molar-refractivity contribution in [2.45, 2.75) is 13.5 Å². The highest BCUT2D eigenvalue weighted by molar-refractivity contribution is 7.17. The third-order valence-electron chi connectivity index (χ3n) is 4.83. The third kappa shape index (κ3) is 4.12. The number of nitrogens with zero attached hydrogens (tertiary/aromatic N) is 5. The molecule has 1 aliphatic heterocycles. The molecule has 0 atom stereocenters. The Morgan fingerprint density at radius 3 is 2.67 bits per heavy atom. The molecule has 0 saturated carbocycles. The van der Waals surface area contributed by atoms with Gasteiger partial charge in [0.05, 0.1) is 6.54 Å². The largest absolute Gasteiger partial charge is 0.379 e. The topological polar surface area (TPSA) is 49.2 Å². The summed E-state index contributed by atoms with van der Waals surface area (Å²) in [7, 11) is 0. The number of hydrogen-bond donors (Lipinski definition) is 1. The van der Waals surface area contributed by atoms with E-state index in [1.807, 2.05) is 29.0 Å². The van der Waals surface area contributed by atoms with Gasteiger partial charge in [-0.3, -0.25) is 4.57 Å². The molecule has 0 spiro atoms. The number of halogens is 1. The van der Waals surface area contributed by atoms with Crippen molar-refractivity contribution in [1.29, 1.82) is 0 Å². The van der Waals surface area contributed by atoms with Crippen LogP contribution in [0.1, 0.15) is 12.6 Å². The Morgan fingerprint density at radius 1 is 1.07 bits per heavy atom. The lowest BCUT2D eigenvalue weighted by Gasteiger charge is -2.33. The molecule has 0 amide bonds. The van der Waals surface area contributed by atoms with Crippen LogP contribution in [0.5, 0.6) is 0 Å². The Hall–Kier alpha value is -2.45. The normalized spacial score (nSPS) is 15.3. The van der Waals surface area contributed by atoms with Gasteiger partial charge in [-0.05, 0) is 36.9 Å². The van der Waals surface area contributed by atoms with E-state index in [-0.39, 0.29) is 5.82 Å². The monoisotopic (exact) mass is 386 g/mol. The lowest BCUT2D eigenvalue weighted by atomic mass is 10.3. The van der Waals surface area contributed by atoms with Crippen LogP contribution >= 0.6 is 11.3 Å². The van der Waals surface area contributed by atoms with Gasteiger partial charge in [0.1, 0.15) is 5.82 Å². The fraction of sp³-hybridized carbons (Fsp3) is 0.368. The molecule has 8 heteroatoms. The van der Waals surface area contributed by atoms with Crippen LogP contribution in [0.4, 0.5) is 15.2 Å². The Kier molecular flexibility index (Phi) is 5.35. The third-order valence-corrected chi connectivity index (χ3v) is 5.81. The van der Waals surface area contributed by atoms with Gasteiger partial charge in [-0.2, -0.15) is 0 Å². The maximum absolute atomic E-state index is 13.3. The van der Waals surface area contributed by atoms with Crippen LogP contribution in [-0.4, -0.2) is 52.4 Å². The SMILES string of the molecule is CCN1CCN(c2nnc(-n3cccc3CNc3cccc(F)c3)s2)CC1. The molecule has 1 aromatic carbocycles. The van der Waals surface area contributed by atoms with Gasteiger partial charge in [-0.15, -0.1) is 10.2 Å². The maximum atomic E-state index is 13.3. The molecule has 0 radical (unpaired) electrons. The Balaban J connectivity index is 1.44. The van der Waals surface area contributed by atoms with Crippen LogP contribution in [0, 0.1) is 5.82 Å². The quantitative estimate of drug-likeness (QED) is 0.705. The van der Waals surface area contributed by atoms with E-state index >= 15 is 0 Å². The number of benzene rings is 1. The number of hydrogen-bond acceptors (Lipinski definition) is 6. The molecule has 0 unspecified atom stereocenters. The highest BCUT2D eigenvalue weighted by Gasteiger charge is 2.20. The average molecular weight is 387 g/mol. The summed E-state index contributed by atoms with van der Waals surface area (Å²) in [5.41, 5.74) is 1.81. The van der Waals surface area contributed by atoms with E-state index in [2.05, 4.69) is 32.2 Å². The van der Waals surface area contributed by atoms with Gasteiger partial charge in [0.15, 0.2) is 0 Å². The van der Waals surface area contributed by atoms with Gasteiger partial charge in [0.2, 0.25) is 10.3 Å². The summed E-state index contributed by atoms with van der Waals surface area (Å²) in [4.78, 5) is 4.75. The van der Waals surface area contributed by atoms with Gasteiger partial charge >= 0.3 is 0 Å². The minimum atomic E-state index is -0.243. The van der Waals surface area contributed by atoms with Crippen molar-refractivity contribution in [3.8, 4) is 5.13 Å². The molecule has 1 fully saturated rings. The zero-order valence-electron chi connectivity index (χ0n) is 15.3. The molecular formula is C19H23FN6S. The van der Waals surface area contributed by atoms with E-state index in [1.54, 1.807) is 17.4 Å². The zero-order chi connectivity index (χ0) is 18.6. The first kappa shape index (κ1) is 17.9. The van der Waals surface area contributed by atoms with Crippen LogP contribution < -0.4 is 10.2 Å². The summed E-state index contributed by atoms with van der Waals surface area (Å²) in [5.74, 6) is -0.243. The predicted octanol–water partition coefficient (Wildman–Crippen LogP) is 3.22. The number of rotatable bonds is 6. The Bertz CT molecular complexity index is 884. The Labute approximate surface area is 162 Å². The molecule has 142 valence electrons. The standard InChI is InChI=1S/C19H23FN6S/c1-2-24-9-11-25(12-10-24)18-22-23-19(27-18)26-8-4-7-17(26)14-21-16-6-3-5-15(20)13-16/h3-8,13,21H,2,9-12,14H2,1H3. The molecule has 27 heavy (non-hydrogen) atoms. The van der Waals surface area contributed by atoms with E-state index in [0.29, 0.717) is 6.54 Å². The summed E-state index contributed by atoms with van der Waals surface area (Å²) < 4.78 is 15.4. The van der Waals surface area contributed by atoms with Crippen molar-refractivity contribution >= 4 is 22.2 Å². The van der Waals surface area contributed by atoms with Crippen molar-refractivity contribution in [2.75, 3.05) is 42.9 Å². The van der Waals surface area contributed by atoms with E-state index < -0.39 is 0 Å². The van der Waals surface area contributed by atoms with Gasteiger partial charge < -0.3 is 15.1 Å². The molecule has 0 aliphatic carbocycles. The second-order valence-corrected chi connectivity index (χ2v) is 7.46. The van der Waals surface area contributed by atoms with Crippen LogP contribution in [0.25, 0.3) is 5.13 Å². The van der Waals surface area contributed by atoms with Crippen LogP contribution in [0.15, 0.2) is 42.6 Å². The summed E-state index contributed by atoms with van der Waals surface area (Å²) in [5, 5.41) is 13.9. The Morgan fingerprint density at radius 2 is 1.89 bits per heavy atom. The van der Waals surface area contributed by atoms with Crippen molar-refractivity contribution in [3.05, 3.63) is 54.1 Å². The molecule has 1 N–H and O–H groups in total. The summed E-state index contributed by atoms with van der Waals surface area (Å²) in [6, 6.07) is 10.5. The van der Waals surface area contributed by atoms with Crippen molar-refractivity contribution in [1.82, 2.24) is 19.7 Å². The van der Waals surface area contributed by atoms with E-state index in [9.17, 15) is 4.39 Å². The van der Waals surface area contributed by atoms with E-state index in [1.165, 1.54) is 12.1 Å². The number of piperazine rings is 1. The second kappa shape index (κ2) is 8.06. The minimum Gasteiger partial charge on any atom is -0.379 e. The second-order valence-electron chi connectivity index (χ2n) is 6.52. The highest BCUT2D eigenvalue weighted by Crippen LogP contribution is 2.25. The van der Waals surface area contributed by atoms with Crippen LogP contribution in [0.3, 0.4) is 0 Å². The zero-order valence-corrected chi connectivity index (χ0v) is 16.1. The fourth-order valence-electron chi connectivity index (χ4n) is 3.23. The molecule has 2 aromatic heterocycles. The predicted molar refractivity (Wildman–Crippen MR) is 107 cm³/mol. The minimum absolute atomic E-state index is 0.243. The van der Waals surface area contributed by atoms with Crippen LogP contribution in [0.2, 0.25) is 0 Å². The first-order valence-corrected chi connectivity index (χ1v) is 10.0. The molecule has 6 nitrogen and oxygen atoms in total. The first-order chi connectivity index (χ1) is 13.2. The van der Waals surface area contributed by atoms with Crippen LogP contribution in [-0.2, 0) is 6.54 Å². The van der Waals surface area contributed by atoms with Gasteiger partial charge in [0, 0.05) is 43.8 Å². The van der Waals surface area contributed by atoms with Gasteiger partial charge in [-0.1, -0.05) is 24.3 Å².